The van der Waals surface area contributed by atoms with Crippen molar-refractivity contribution in [2.75, 3.05) is 0 Å². The first-order chi connectivity index (χ1) is 13.4. The molecule has 0 aliphatic rings. The molecule has 30 heavy (non-hydrogen) atoms. The van der Waals surface area contributed by atoms with Crippen molar-refractivity contribution in [1.29, 1.82) is 0 Å². The first kappa shape index (κ1) is 24.5. The maximum absolute atomic E-state index is 11.5. The Morgan fingerprint density at radius 2 is 1.47 bits per heavy atom. The molecule has 0 radical (unpaired) electrons. The molecule has 3 aromatic rings. The fourth-order valence-electron chi connectivity index (χ4n) is 2.54. The predicted octanol–water partition coefficient (Wildman–Crippen LogP) is 0.475. The van der Waals surface area contributed by atoms with Gasteiger partial charge in [-0.15, -0.1) is 10.2 Å². The van der Waals surface area contributed by atoms with Gasteiger partial charge in [0.2, 0.25) is 0 Å². The van der Waals surface area contributed by atoms with Gasteiger partial charge in [0.15, 0.2) is 11.5 Å². The number of phenolic OH excluding ortho intramolecular Hbond substituents is 2. The van der Waals surface area contributed by atoms with E-state index in [1.807, 2.05) is 0 Å². The number of rotatable bonds is 4. The fraction of sp³-hybridized carbons (Fsp3) is 0. The van der Waals surface area contributed by atoms with Crippen LogP contribution in [0.25, 0.3) is 10.8 Å². The molecule has 152 valence electrons. The Hall–Kier alpha value is -1.77. The summed E-state index contributed by atoms with van der Waals surface area (Å²) in [4.78, 5) is -1.41. The number of fused-ring (bicyclic) bond motifs is 1. The maximum atomic E-state index is 11.5. The molecule has 3 N–H and O–H groups in total. The van der Waals surface area contributed by atoms with Crippen molar-refractivity contribution in [2.24, 2.45) is 10.2 Å². The second-order valence-corrected chi connectivity index (χ2v) is 8.86. The van der Waals surface area contributed by atoms with Gasteiger partial charge >= 0.3 is 29.6 Å². The van der Waals surface area contributed by atoms with E-state index in [0.717, 1.165) is 18.2 Å². The molecule has 0 aromatic heterocycles. The van der Waals surface area contributed by atoms with Gasteiger partial charge < -0.3 is 14.8 Å². The van der Waals surface area contributed by atoms with Gasteiger partial charge in [-0.05, 0) is 24.3 Å². The Kier molecular flexibility index (Phi) is 7.16. The number of aromatic hydroxyl groups is 2. The molecule has 0 aliphatic heterocycles. The molecule has 0 aliphatic carbocycles. The summed E-state index contributed by atoms with van der Waals surface area (Å²) in [6.45, 7) is 0. The largest absolute Gasteiger partial charge is 1.00 e. The Morgan fingerprint density at radius 3 is 2.07 bits per heavy atom. The summed E-state index contributed by atoms with van der Waals surface area (Å²) < 4.78 is 65.8. The smallest absolute Gasteiger partial charge is 0.744 e. The van der Waals surface area contributed by atoms with Crippen molar-refractivity contribution in [3.8, 4) is 11.5 Å². The van der Waals surface area contributed by atoms with E-state index in [0.29, 0.717) is 0 Å². The van der Waals surface area contributed by atoms with Crippen LogP contribution in [0.2, 0.25) is 5.02 Å². The molecule has 10 nitrogen and oxygen atoms in total. The molecule has 0 atom stereocenters. The van der Waals surface area contributed by atoms with Crippen LogP contribution in [0.5, 0.6) is 11.5 Å². The van der Waals surface area contributed by atoms with E-state index in [1.165, 1.54) is 24.3 Å². The van der Waals surface area contributed by atoms with Crippen LogP contribution in [0.3, 0.4) is 0 Å². The predicted molar refractivity (Wildman–Crippen MR) is 101 cm³/mol. The van der Waals surface area contributed by atoms with Gasteiger partial charge in [0.05, 0.1) is 4.90 Å². The molecule has 0 saturated heterocycles. The number of hydrogen-bond acceptors (Lipinski definition) is 9. The van der Waals surface area contributed by atoms with Gasteiger partial charge in [0.1, 0.15) is 26.4 Å². The van der Waals surface area contributed by atoms with Crippen molar-refractivity contribution in [3.05, 3.63) is 47.5 Å². The van der Waals surface area contributed by atoms with Gasteiger partial charge in [-0.3, -0.25) is 4.55 Å². The summed E-state index contributed by atoms with van der Waals surface area (Å²) in [5.74, 6) is -1.46. The molecule has 14 heteroatoms. The molecule has 0 spiro atoms. The summed E-state index contributed by atoms with van der Waals surface area (Å²) >= 11 is 5.73. The number of phenols is 2. The van der Waals surface area contributed by atoms with E-state index >= 15 is 0 Å². The molecule has 3 rings (SSSR count). The van der Waals surface area contributed by atoms with Crippen LogP contribution in [-0.2, 0) is 20.2 Å². The standard InChI is InChI=1S/C16H11ClN2O8S2.Na/c17-8-6-12(16(21)14(7-8)29(25,26)27)19-18-11-5-4-9-10(15(11)20)2-1-3-13(9)28(22,23)24;/h1-7,20-21H,(H,22,23,24)(H,25,26,27);/q;+1/p-1. The third-order valence-corrected chi connectivity index (χ3v) is 5.78. The van der Waals surface area contributed by atoms with Crippen molar-refractivity contribution in [3.63, 3.8) is 0 Å². The molecular weight excluding hydrogens is 471 g/mol. The number of azo groups is 1. The van der Waals surface area contributed by atoms with E-state index in [9.17, 15) is 36.2 Å². The molecule has 0 bridgehead atoms. The third-order valence-electron chi connectivity index (χ3n) is 3.80. The third kappa shape index (κ3) is 4.92. The zero-order chi connectivity index (χ0) is 21.6. The summed E-state index contributed by atoms with van der Waals surface area (Å²) in [6.07, 6.45) is 0. The van der Waals surface area contributed by atoms with Crippen LogP contribution in [0.1, 0.15) is 0 Å². The molecule has 0 unspecified atom stereocenters. The number of halogens is 1. The van der Waals surface area contributed by atoms with Gasteiger partial charge in [0, 0.05) is 15.8 Å². The van der Waals surface area contributed by atoms with Gasteiger partial charge in [-0.25, -0.2) is 8.42 Å². The van der Waals surface area contributed by atoms with E-state index in [-0.39, 0.29) is 51.0 Å². The van der Waals surface area contributed by atoms with Crippen molar-refractivity contribution in [2.45, 2.75) is 9.79 Å². The van der Waals surface area contributed by atoms with Gasteiger partial charge in [-0.2, -0.15) is 8.42 Å². The Bertz CT molecular complexity index is 1390. The van der Waals surface area contributed by atoms with Crippen LogP contribution in [-0.4, -0.2) is 36.2 Å². The van der Waals surface area contributed by atoms with Gasteiger partial charge in [-0.1, -0.05) is 29.8 Å². The molecule has 0 saturated carbocycles. The van der Waals surface area contributed by atoms with E-state index in [2.05, 4.69) is 10.2 Å². The van der Waals surface area contributed by atoms with E-state index < -0.39 is 47.2 Å². The fourth-order valence-corrected chi connectivity index (χ4v) is 4.14. The Morgan fingerprint density at radius 1 is 0.833 bits per heavy atom. The average molecular weight is 481 g/mol. The number of hydrogen-bond donors (Lipinski definition) is 3. The minimum atomic E-state index is -5.03. The van der Waals surface area contributed by atoms with E-state index in [4.69, 9.17) is 11.6 Å². The van der Waals surface area contributed by atoms with Crippen molar-refractivity contribution >= 4 is 54.0 Å². The molecule has 3 aromatic carbocycles. The van der Waals surface area contributed by atoms with E-state index in [1.54, 1.807) is 0 Å². The van der Waals surface area contributed by atoms with Crippen molar-refractivity contribution < 1.29 is 65.7 Å². The van der Waals surface area contributed by atoms with Crippen LogP contribution < -0.4 is 29.6 Å². The minimum Gasteiger partial charge on any atom is -0.744 e. The number of benzene rings is 3. The first-order valence-electron chi connectivity index (χ1n) is 7.52. The van der Waals surface area contributed by atoms with Crippen molar-refractivity contribution in [1.82, 2.24) is 0 Å². The summed E-state index contributed by atoms with van der Waals surface area (Å²) in [5, 5.41) is 27.5. The SMILES string of the molecule is O=S(=O)([O-])c1cc(Cl)cc(N=Nc2ccc3c(S(=O)(=O)O)cccc3c2O)c1O.[Na+]. The second kappa shape index (κ2) is 8.77. The second-order valence-electron chi connectivity index (χ2n) is 5.69. The maximum Gasteiger partial charge on any atom is 1.00 e. The monoisotopic (exact) mass is 480 g/mol. The summed E-state index contributed by atoms with van der Waals surface area (Å²) in [5.41, 5.74) is -0.617. The first-order valence-corrected chi connectivity index (χ1v) is 10.7. The van der Waals surface area contributed by atoms with Crippen LogP contribution in [0, 0.1) is 0 Å². The Labute approximate surface area is 197 Å². The summed E-state index contributed by atoms with van der Waals surface area (Å²) in [6, 6.07) is 8.05. The molecule has 0 fully saturated rings. The zero-order valence-corrected chi connectivity index (χ0v) is 19.4. The zero-order valence-electron chi connectivity index (χ0n) is 15.0. The molecule has 0 amide bonds. The molecule has 0 heterocycles. The topological polar surface area (TPSA) is 177 Å². The number of nitrogens with zero attached hydrogens (tertiary/aromatic N) is 2. The molecular formula is C16H10ClN2NaO8S2. The van der Waals surface area contributed by atoms with Crippen LogP contribution >= 0.6 is 11.6 Å². The Balaban J connectivity index is 0.00000320. The van der Waals surface area contributed by atoms with Gasteiger partial charge in [0.25, 0.3) is 10.1 Å². The summed E-state index contributed by atoms with van der Waals surface area (Å²) in [7, 11) is -9.58. The minimum absolute atomic E-state index is 0. The van der Waals surface area contributed by atoms with Crippen LogP contribution in [0.4, 0.5) is 11.4 Å². The normalized spacial score (nSPS) is 12.2. The average Bonchev–Trinajstić information content (AvgIpc) is 2.61. The quantitative estimate of drug-likeness (QED) is 0.274. The van der Waals surface area contributed by atoms with Crippen LogP contribution in [0.15, 0.2) is 62.5 Å².